The number of rotatable bonds is 4. The Labute approximate surface area is 158 Å². The van der Waals surface area contributed by atoms with Gasteiger partial charge in [0.15, 0.2) is 0 Å². The Kier molecular flexibility index (Phi) is 3.41. The molecule has 3 heteroatoms. The summed E-state index contributed by atoms with van der Waals surface area (Å²) in [7, 11) is 0. The maximum atomic E-state index is 6.34. The number of ether oxygens (including phenoxy) is 3. The van der Waals surface area contributed by atoms with Gasteiger partial charge in [-0.3, -0.25) is 0 Å². The molecule has 10 unspecified atom stereocenters. The van der Waals surface area contributed by atoms with E-state index in [1.165, 1.54) is 64.2 Å². The minimum absolute atomic E-state index is 0.198. The van der Waals surface area contributed by atoms with E-state index in [1.54, 1.807) is 0 Å². The van der Waals surface area contributed by atoms with Crippen LogP contribution in [0.1, 0.15) is 85.0 Å². The molecule has 3 saturated heterocycles. The van der Waals surface area contributed by atoms with Crippen molar-refractivity contribution >= 4 is 0 Å². The summed E-state index contributed by atoms with van der Waals surface area (Å²) in [6, 6.07) is 0. The van der Waals surface area contributed by atoms with Crippen molar-refractivity contribution in [3.05, 3.63) is 0 Å². The molecule has 0 spiro atoms. The lowest BCUT2D eigenvalue weighted by Gasteiger charge is -2.49. The molecular weight excluding hydrogens is 324 g/mol. The third-order valence-electron chi connectivity index (χ3n) is 9.58. The Morgan fingerprint density at radius 1 is 0.962 bits per heavy atom. The average molecular weight is 361 g/mol. The van der Waals surface area contributed by atoms with E-state index in [1.807, 2.05) is 0 Å². The summed E-state index contributed by atoms with van der Waals surface area (Å²) in [4.78, 5) is 0. The lowest BCUT2D eigenvalue weighted by Crippen LogP contribution is -2.46. The molecule has 6 aliphatic rings. The Morgan fingerprint density at radius 2 is 1.85 bits per heavy atom. The van der Waals surface area contributed by atoms with Crippen molar-refractivity contribution in [2.45, 2.75) is 121 Å². The second-order valence-corrected chi connectivity index (χ2v) is 11.3. The predicted octanol–water partition coefficient (Wildman–Crippen LogP) is 4.87. The van der Waals surface area contributed by atoms with Crippen LogP contribution in [-0.2, 0) is 14.2 Å². The van der Waals surface area contributed by atoms with Crippen LogP contribution < -0.4 is 0 Å². The zero-order valence-electron chi connectivity index (χ0n) is 16.8. The number of hydrogen-bond acceptors (Lipinski definition) is 3. The molecule has 146 valence electrons. The maximum Gasteiger partial charge on any atom is 0.0923 e. The van der Waals surface area contributed by atoms with Gasteiger partial charge in [-0.05, 0) is 94.8 Å². The Balaban J connectivity index is 1.27. The summed E-state index contributed by atoms with van der Waals surface area (Å²) in [5.41, 5.74) is 0.817. The molecule has 0 radical (unpaired) electrons. The fraction of sp³-hybridized carbons (Fsp3) is 1.00. The zero-order chi connectivity index (χ0) is 17.7. The van der Waals surface area contributed by atoms with Gasteiger partial charge >= 0.3 is 0 Å². The van der Waals surface area contributed by atoms with Gasteiger partial charge in [-0.15, -0.1) is 0 Å². The first kappa shape index (κ1) is 16.8. The standard InChI is InChI=1S/C23H36O3/c1-21(12-14-6-8-17-18(11-14)24-17,15-7-9-19-23(3,13-15)25-19)16-5-4-10-22(2)20(16)26-22/h14-20H,4-13H2,1-3H3. The summed E-state index contributed by atoms with van der Waals surface area (Å²) in [5.74, 6) is 2.42. The highest BCUT2D eigenvalue weighted by Crippen LogP contribution is 2.63. The molecule has 3 nitrogen and oxygen atoms in total. The molecule has 26 heavy (non-hydrogen) atoms. The van der Waals surface area contributed by atoms with Crippen molar-refractivity contribution in [3.8, 4) is 0 Å². The molecular formula is C23H36O3. The minimum Gasteiger partial charge on any atom is -0.370 e. The van der Waals surface area contributed by atoms with Gasteiger partial charge in [-0.25, -0.2) is 0 Å². The average Bonchev–Trinajstić information content (AvgIpc) is 3.49. The molecule has 3 aliphatic carbocycles. The van der Waals surface area contributed by atoms with E-state index in [0.29, 0.717) is 29.8 Å². The van der Waals surface area contributed by atoms with Gasteiger partial charge in [0, 0.05) is 0 Å². The van der Waals surface area contributed by atoms with E-state index < -0.39 is 0 Å². The second kappa shape index (κ2) is 5.27. The zero-order valence-corrected chi connectivity index (χ0v) is 16.8. The van der Waals surface area contributed by atoms with E-state index >= 15 is 0 Å². The topological polar surface area (TPSA) is 37.6 Å². The molecule has 0 amide bonds. The summed E-state index contributed by atoms with van der Waals surface area (Å²) in [6.07, 6.45) is 15.7. The molecule has 0 aromatic carbocycles. The third kappa shape index (κ3) is 2.49. The molecule has 0 aromatic rings. The summed E-state index contributed by atoms with van der Waals surface area (Å²) in [5, 5.41) is 0. The normalized spacial score (nSPS) is 59.4. The summed E-state index contributed by atoms with van der Waals surface area (Å²) >= 11 is 0. The van der Waals surface area contributed by atoms with Crippen molar-refractivity contribution in [2.24, 2.45) is 23.2 Å². The highest BCUT2D eigenvalue weighted by Gasteiger charge is 2.65. The van der Waals surface area contributed by atoms with Crippen LogP contribution in [0.15, 0.2) is 0 Å². The highest BCUT2D eigenvalue weighted by molar-refractivity contribution is 5.14. The quantitative estimate of drug-likeness (QED) is 0.672. The molecule has 10 atom stereocenters. The molecule has 0 bridgehead atoms. The molecule has 6 fully saturated rings. The molecule has 3 heterocycles. The van der Waals surface area contributed by atoms with Gasteiger partial charge in [0.05, 0.1) is 35.6 Å². The van der Waals surface area contributed by atoms with Gasteiger partial charge in [0.2, 0.25) is 0 Å². The van der Waals surface area contributed by atoms with Gasteiger partial charge in [-0.2, -0.15) is 0 Å². The molecule has 3 aliphatic heterocycles. The van der Waals surface area contributed by atoms with Crippen molar-refractivity contribution in [1.82, 2.24) is 0 Å². The smallest absolute Gasteiger partial charge is 0.0923 e. The largest absolute Gasteiger partial charge is 0.370 e. The Hall–Kier alpha value is -0.120. The maximum absolute atomic E-state index is 6.34. The van der Waals surface area contributed by atoms with Crippen LogP contribution in [0.3, 0.4) is 0 Å². The lowest BCUT2D eigenvalue weighted by molar-refractivity contribution is 0.00435. The van der Waals surface area contributed by atoms with Crippen LogP contribution in [0.5, 0.6) is 0 Å². The second-order valence-electron chi connectivity index (χ2n) is 11.3. The summed E-state index contributed by atoms with van der Waals surface area (Å²) in [6.45, 7) is 7.39. The first-order chi connectivity index (χ1) is 12.4. The number of hydrogen-bond donors (Lipinski definition) is 0. The van der Waals surface area contributed by atoms with Crippen LogP contribution in [0, 0.1) is 23.2 Å². The van der Waals surface area contributed by atoms with Crippen molar-refractivity contribution < 1.29 is 14.2 Å². The van der Waals surface area contributed by atoms with Gasteiger partial charge in [-0.1, -0.05) is 13.3 Å². The van der Waals surface area contributed by atoms with Crippen LogP contribution in [0.4, 0.5) is 0 Å². The Bertz CT molecular complexity index is 606. The van der Waals surface area contributed by atoms with E-state index in [-0.39, 0.29) is 11.2 Å². The Morgan fingerprint density at radius 3 is 2.65 bits per heavy atom. The highest BCUT2D eigenvalue weighted by atomic mass is 16.6. The van der Waals surface area contributed by atoms with Gasteiger partial charge in [0.1, 0.15) is 0 Å². The van der Waals surface area contributed by atoms with E-state index in [9.17, 15) is 0 Å². The first-order valence-electron chi connectivity index (χ1n) is 11.4. The van der Waals surface area contributed by atoms with Gasteiger partial charge in [0.25, 0.3) is 0 Å². The predicted molar refractivity (Wildman–Crippen MR) is 100.0 cm³/mol. The van der Waals surface area contributed by atoms with Crippen molar-refractivity contribution in [1.29, 1.82) is 0 Å². The lowest BCUT2D eigenvalue weighted by atomic mass is 9.54. The molecule has 0 aromatic heterocycles. The molecule has 3 saturated carbocycles. The van der Waals surface area contributed by atoms with Crippen LogP contribution in [-0.4, -0.2) is 35.6 Å². The van der Waals surface area contributed by atoms with E-state index in [4.69, 9.17) is 14.2 Å². The number of fused-ring (bicyclic) bond motifs is 3. The first-order valence-corrected chi connectivity index (χ1v) is 11.4. The number of epoxide rings is 3. The van der Waals surface area contributed by atoms with E-state index in [2.05, 4.69) is 20.8 Å². The van der Waals surface area contributed by atoms with Crippen LogP contribution in [0.25, 0.3) is 0 Å². The minimum atomic E-state index is 0.198. The molecule has 6 rings (SSSR count). The van der Waals surface area contributed by atoms with Crippen molar-refractivity contribution in [2.75, 3.05) is 0 Å². The van der Waals surface area contributed by atoms with Crippen LogP contribution in [0.2, 0.25) is 0 Å². The van der Waals surface area contributed by atoms with Crippen LogP contribution >= 0.6 is 0 Å². The van der Waals surface area contributed by atoms with E-state index in [0.717, 1.165) is 17.8 Å². The summed E-state index contributed by atoms with van der Waals surface area (Å²) < 4.78 is 18.3. The fourth-order valence-corrected chi connectivity index (χ4v) is 7.72. The monoisotopic (exact) mass is 360 g/mol. The fourth-order valence-electron chi connectivity index (χ4n) is 7.72. The third-order valence-corrected chi connectivity index (χ3v) is 9.58. The SMILES string of the molecule is CC12CC(C(C)(CC3CCC4OC4C3)C3CCCC4(C)OC34)CCC1O2. The van der Waals surface area contributed by atoms with Crippen molar-refractivity contribution in [3.63, 3.8) is 0 Å². The van der Waals surface area contributed by atoms with Gasteiger partial charge < -0.3 is 14.2 Å². The molecule has 0 N–H and O–H groups in total.